The van der Waals surface area contributed by atoms with E-state index < -0.39 is 0 Å². The molecule has 3 heteroatoms. The molecule has 1 rings (SSSR count). The van der Waals surface area contributed by atoms with E-state index >= 15 is 0 Å². The van der Waals surface area contributed by atoms with Crippen molar-refractivity contribution in [1.82, 2.24) is 5.32 Å². The lowest BCUT2D eigenvalue weighted by atomic mass is 10.2. The monoisotopic (exact) mass is 187 g/mol. The Bertz CT molecular complexity index is 196. The Hall–Kier alpha value is -0.0200. The Balaban J connectivity index is 2.74. The van der Waals surface area contributed by atoms with Gasteiger partial charge in [-0.1, -0.05) is 12.2 Å². The number of hydrogen-bond acceptors (Lipinski definition) is 3. The van der Waals surface area contributed by atoms with E-state index in [0.29, 0.717) is 0 Å². The second-order valence-corrected chi connectivity index (χ2v) is 4.04. The highest BCUT2D eigenvalue weighted by molar-refractivity contribution is 8.23. The fraction of sp³-hybridized carbons (Fsp3) is 0.625. The maximum atomic E-state index is 5.22. The molecule has 11 heavy (non-hydrogen) atoms. The van der Waals surface area contributed by atoms with E-state index in [9.17, 15) is 0 Å². The molecule has 1 nitrogen and oxygen atoms in total. The van der Waals surface area contributed by atoms with Crippen LogP contribution < -0.4 is 5.32 Å². The molecule has 0 aromatic heterocycles. The Morgan fingerprint density at radius 2 is 2.27 bits per heavy atom. The fourth-order valence-electron chi connectivity index (χ4n) is 1.37. The molecule has 0 aliphatic heterocycles. The number of thioether (sulfide) groups is 1. The number of rotatable bonds is 2. The van der Waals surface area contributed by atoms with Gasteiger partial charge in [0.05, 0.1) is 4.20 Å². The maximum Gasteiger partial charge on any atom is 0.0752 e. The predicted octanol–water partition coefficient (Wildman–Crippen LogP) is 2.33. The molecule has 0 radical (unpaired) electrons. The van der Waals surface area contributed by atoms with Crippen LogP contribution in [0.5, 0.6) is 0 Å². The summed E-state index contributed by atoms with van der Waals surface area (Å²) in [5.74, 6) is 0. The first-order valence-electron chi connectivity index (χ1n) is 3.77. The van der Waals surface area contributed by atoms with Crippen LogP contribution in [0, 0.1) is 0 Å². The summed E-state index contributed by atoms with van der Waals surface area (Å²) in [6, 6.07) is 0. The van der Waals surface area contributed by atoms with Gasteiger partial charge in [0.25, 0.3) is 0 Å². The quantitative estimate of drug-likeness (QED) is 0.666. The van der Waals surface area contributed by atoms with Gasteiger partial charge >= 0.3 is 0 Å². The van der Waals surface area contributed by atoms with Crippen LogP contribution in [0.25, 0.3) is 0 Å². The van der Waals surface area contributed by atoms with Crippen LogP contribution in [-0.2, 0) is 0 Å². The van der Waals surface area contributed by atoms with E-state index in [4.69, 9.17) is 12.2 Å². The molecule has 0 saturated carbocycles. The molecule has 0 saturated heterocycles. The molecule has 0 fully saturated rings. The number of nitrogens with one attached hydrogen (secondary N) is 1. The van der Waals surface area contributed by atoms with Crippen molar-refractivity contribution in [3.63, 3.8) is 0 Å². The van der Waals surface area contributed by atoms with Crippen LogP contribution in [0.3, 0.4) is 0 Å². The SMILES string of the molecule is CNC1=C(C(=S)SC)CCC1. The lowest BCUT2D eigenvalue weighted by Gasteiger charge is -2.05. The van der Waals surface area contributed by atoms with E-state index in [1.165, 1.54) is 24.1 Å². The van der Waals surface area contributed by atoms with Crippen molar-refractivity contribution in [1.29, 1.82) is 0 Å². The van der Waals surface area contributed by atoms with Gasteiger partial charge in [-0.15, -0.1) is 11.8 Å². The number of hydrogen-bond donors (Lipinski definition) is 1. The number of thiocarbonyl (C=S) groups is 1. The van der Waals surface area contributed by atoms with Gasteiger partial charge < -0.3 is 5.32 Å². The molecule has 0 unspecified atom stereocenters. The summed E-state index contributed by atoms with van der Waals surface area (Å²) in [5, 5.41) is 3.21. The highest BCUT2D eigenvalue weighted by Crippen LogP contribution is 2.27. The fourth-order valence-corrected chi connectivity index (χ4v) is 2.06. The lowest BCUT2D eigenvalue weighted by Crippen LogP contribution is -2.07. The second kappa shape index (κ2) is 4.12. The molecule has 0 aromatic rings. The van der Waals surface area contributed by atoms with Crippen molar-refractivity contribution >= 4 is 28.2 Å². The van der Waals surface area contributed by atoms with Crippen molar-refractivity contribution < 1.29 is 0 Å². The maximum absolute atomic E-state index is 5.22. The summed E-state index contributed by atoms with van der Waals surface area (Å²) in [5.41, 5.74) is 2.72. The summed E-state index contributed by atoms with van der Waals surface area (Å²) in [4.78, 5) is 0. The van der Waals surface area contributed by atoms with Gasteiger partial charge in [-0.3, -0.25) is 0 Å². The molecule has 1 aliphatic carbocycles. The normalized spacial score (nSPS) is 17.3. The molecular formula is C8H13NS2. The topological polar surface area (TPSA) is 12.0 Å². The van der Waals surface area contributed by atoms with Crippen LogP contribution in [-0.4, -0.2) is 17.5 Å². The van der Waals surface area contributed by atoms with Crippen molar-refractivity contribution in [3.8, 4) is 0 Å². The third kappa shape index (κ3) is 1.97. The summed E-state index contributed by atoms with van der Waals surface area (Å²) >= 11 is 6.90. The molecule has 0 amide bonds. The minimum atomic E-state index is 1.06. The standard InChI is InChI=1S/C8H13NS2/c1-9-7-5-3-4-6(7)8(10)11-2/h9H,3-5H2,1-2H3. The summed E-state index contributed by atoms with van der Waals surface area (Å²) in [7, 11) is 1.98. The minimum absolute atomic E-state index is 1.06. The zero-order chi connectivity index (χ0) is 8.27. The van der Waals surface area contributed by atoms with Crippen molar-refractivity contribution in [2.45, 2.75) is 19.3 Å². The van der Waals surface area contributed by atoms with E-state index in [2.05, 4.69) is 5.32 Å². The van der Waals surface area contributed by atoms with E-state index in [0.717, 1.165) is 10.6 Å². The molecule has 0 spiro atoms. The first-order chi connectivity index (χ1) is 5.29. The second-order valence-electron chi connectivity index (χ2n) is 2.55. The van der Waals surface area contributed by atoms with E-state index in [1.807, 2.05) is 13.3 Å². The summed E-state index contributed by atoms with van der Waals surface area (Å²) in [6.07, 6.45) is 5.63. The first kappa shape index (κ1) is 9.07. The zero-order valence-corrected chi connectivity index (χ0v) is 8.57. The molecule has 0 heterocycles. The molecule has 1 aliphatic rings. The predicted molar refractivity (Wildman–Crippen MR) is 56.0 cm³/mol. The Morgan fingerprint density at radius 1 is 1.55 bits per heavy atom. The molecule has 0 atom stereocenters. The molecule has 1 N–H and O–H groups in total. The van der Waals surface area contributed by atoms with Crippen LogP contribution in [0.4, 0.5) is 0 Å². The molecular weight excluding hydrogens is 174 g/mol. The van der Waals surface area contributed by atoms with Crippen molar-refractivity contribution in [2.24, 2.45) is 0 Å². The average molecular weight is 187 g/mol. The molecule has 0 aromatic carbocycles. The van der Waals surface area contributed by atoms with E-state index in [1.54, 1.807) is 11.8 Å². The Labute approximate surface area is 77.6 Å². The third-order valence-electron chi connectivity index (χ3n) is 1.95. The van der Waals surface area contributed by atoms with Gasteiger partial charge in [0.15, 0.2) is 0 Å². The van der Waals surface area contributed by atoms with Gasteiger partial charge in [-0.2, -0.15) is 0 Å². The van der Waals surface area contributed by atoms with Gasteiger partial charge in [0.1, 0.15) is 0 Å². The van der Waals surface area contributed by atoms with Gasteiger partial charge in [0.2, 0.25) is 0 Å². The minimum Gasteiger partial charge on any atom is -0.391 e. The highest BCUT2D eigenvalue weighted by atomic mass is 32.2. The summed E-state index contributed by atoms with van der Waals surface area (Å²) in [6.45, 7) is 0. The first-order valence-corrected chi connectivity index (χ1v) is 5.41. The molecule has 62 valence electrons. The van der Waals surface area contributed by atoms with Gasteiger partial charge in [-0.05, 0) is 31.1 Å². The lowest BCUT2D eigenvalue weighted by molar-refractivity contribution is 0.846. The van der Waals surface area contributed by atoms with Gasteiger partial charge in [-0.25, -0.2) is 0 Å². The Kier molecular flexibility index (Phi) is 3.40. The number of allylic oxidation sites excluding steroid dienone is 1. The third-order valence-corrected chi connectivity index (χ3v) is 3.31. The van der Waals surface area contributed by atoms with E-state index in [-0.39, 0.29) is 0 Å². The largest absolute Gasteiger partial charge is 0.391 e. The highest BCUT2D eigenvalue weighted by Gasteiger charge is 2.15. The zero-order valence-electron chi connectivity index (χ0n) is 6.94. The smallest absolute Gasteiger partial charge is 0.0752 e. The van der Waals surface area contributed by atoms with Gasteiger partial charge in [0, 0.05) is 12.7 Å². The molecule has 0 bridgehead atoms. The van der Waals surface area contributed by atoms with Crippen molar-refractivity contribution in [3.05, 3.63) is 11.3 Å². The van der Waals surface area contributed by atoms with Crippen LogP contribution in [0.15, 0.2) is 11.3 Å². The van der Waals surface area contributed by atoms with Crippen LogP contribution in [0.1, 0.15) is 19.3 Å². The van der Waals surface area contributed by atoms with Crippen LogP contribution >= 0.6 is 24.0 Å². The summed E-state index contributed by atoms with van der Waals surface area (Å²) < 4.78 is 1.06. The van der Waals surface area contributed by atoms with Crippen molar-refractivity contribution in [2.75, 3.05) is 13.3 Å². The Morgan fingerprint density at radius 3 is 2.82 bits per heavy atom. The average Bonchev–Trinajstić information content (AvgIpc) is 2.50. The van der Waals surface area contributed by atoms with Crippen LogP contribution in [0.2, 0.25) is 0 Å².